The van der Waals surface area contributed by atoms with E-state index in [1.165, 1.54) is 0 Å². The van der Waals surface area contributed by atoms with Gasteiger partial charge in [-0.15, -0.1) is 0 Å². The number of aliphatic hydroxyl groups is 1. The fourth-order valence-electron chi connectivity index (χ4n) is 3.33. The summed E-state index contributed by atoms with van der Waals surface area (Å²) < 4.78 is 2.03. The highest BCUT2D eigenvalue weighted by Crippen LogP contribution is 2.32. The molecule has 1 saturated carbocycles. The van der Waals surface area contributed by atoms with E-state index < -0.39 is 12.1 Å². The van der Waals surface area contributed by atoms with Gasteiger partial charge in [0.25, 0.3) is 0 Å². The molecule has 1 aliphatic rings. The Balaban J connectivity index is 2.13. The Hall–Kier alpha value is -1.88. The maximum atomic E-state index is 11.2. The lowest BCUT2D eigenvalue weighted by Gasteiger charge is -2.24. The Morgan fingerprint density at radius 2 is 2.05 bits per heavy atom. The van der Waals surface area contributed by atoms with Gasteiger partial charge >= 0.3 is 5.97 Å². The van der Waals surface area contributed by atoms with E-state index in [-0.39, 0.29) is 11.6 Å². The van der Waals surface area contributed by atoms with E-state index in [1.54, 1.807) is 18.2 Å². The lowest BCUT2D eigenvalue weighted by Crippen LogP contribution is -2.23. The molecule has 0 radical (unpaired) electrons. The summed E-state index contributed by atoms with van der Waals surface area (Å²) >= 11 is 0. The predicted octanol–water partition coefficient (Wildman–Crippen LogP) is 2.91. The molecule has 1 fully saturated rings. The molecule has 5 nitrogen and oxygen atoms in total. The number of benzene rings is 1. The second-order valence-electron chi connectivity index (χ2n) is 5.81. The first-order chi connectivity index (χ1) is 10.1. The van der Waals surface area contributed by atoms with Crippen LogP contribution in [-0.2, 0) is 0 Å². The van der Waals surface area contributed by atoms with Gasteiger partial charge in [0.1, 0.15) is 5.82 Å². The van der Waals surface area contributed by atoms with Gasteiger partial charge in [0.2, 0.25) is 0 Å². The number of hydrogen-bond donors (Lipinski definition) is 2. The standard InChI is InChI=1S/C16H20N2O3/c1-10-17-12-8-7-11(16(20)21)9-14(12)18(10)13-5-3-2-4-6-15(13)19/h7-9,13,15,19H,2-6H2,1H3,(H,20,21). The number of imidazole rings is 1. The normalized spacial score (nSPS) is 23.1. The fourth-order valence-corrected chi connectivity index (χ4v) is 3.33. The molecule has 21 heavy (non-hydrogen) atoms. The van der Waals surface area contributed by atoms with Crippen LogP contribution in [0.4, 0.5) is 0 Å². The number of carboxylic acid groups (broad SMARTS) is 1. The molecule has 0 amide bonds. The van der Waals surface area contributed by atoms with Crippen LogP contribution in [0.3, 0.4) is 0 Å². The molecule has 1 heterocycles. The van der Waals surface area contributed by atoms with Crippen molar-refractivity contribution in [1.82, 2.24) is 9.55 Å². The molecule has 2 aromatic rings. The number of carboxylic acids is 1. The molecular formula is C16H20N2O3. The minimum Gasteiger partial charge on any atom is -0.478 e. The number of carbonyl (C=O) groups is 1. The minimum absolute atomic E-state index is 0.0125. The molecule has 0 saturated heterocycles. The number of hydrogen-bond acceptors (Lipinski definition) is 3. The van der Waals surface area contributed by atoms with Crippen LogP contribution in [0.2, 0.25) is 0 Å². The summed E-state index contributed by atoms with van der Waals surface area (Å²) in [7, 11) is 0. The molecule has 2 N–H and O–H groups in total. The summed E-state index contributed by atoms with van der Waals surface area (Å²) in [6.45, 7) is 1.91. The topological polar surface area (TPSA) is 75.3 Å². The average molecular weight is 288 g/mol. The Bertz CT molecular complexity index is 677. The summed E-state index contributed by atoms with van der Waals surface area (Å²) in [4.78, 5) is 15.7. The van der Waals surface area contributed by atoms with Crippen molar-refractivity contribution >= 4 is 17.0 Å². The lowest BCUT2D eigenvalue weighted by molar-refractivity contribution is 0.0697. The third-order valence-corrected chi connectivity index (χ3v) is 4.39. The fraction of sp³-hybridized carbons (Fsp3) is 0.500. The molecule has 1 aromatic heterocycles. The van der Waals surface area contributed by atoms with Crippen molar-refractivity contribution < 1.29 is 15.0 Å². The van der Waals surface area contributed by atoms with Crippen molar-refractivity contribution in [2.75, 3.05) is 0 Å². The number of rotatable bonds is 2. The molecule has 5 heteroatoms. The van der Waals surface area contributed by atoms with Crippen molar-refractivity contribution in [1.29, 1.82) is 0 Å². The monoisotopic (exact) mass is 288 g/mol. The van der Waals surface area contributed by atoms with E-state index in [4.69, 9.17) is 0 Å². The quantitative estimate of drug-likeness (QED) is 0.833. The SMILES string of the molecule is Cc1nc2ccc(C(=O)O)cc2n1C1CCCCCC1O. The Morgan fingerprint density at radius 1 is 1.29 bits per heavy atom. The van der Waals surface area contributed by atoms with E-state index in [0.717, 1.165) is 49.0 Å². The predicted molar refractivity (Wildman–Crippen MR) is 79.6 cm³/mol. The number of aromatic carboxylic acids is 1. The molecule has 2 atom stereocenters. The highest BCUT2D eigenvalue weighted by Gasteiger charge is 2.26. The Kier molecular flexibility index (Phi) is 3.68. The highest BCUT2D eigenvalue weighted by atomic mass is 16.4. The second kappa shape index (κ2) is 5.48. The Morgan fingerprint density at radius 3 is 2.81 bits per heavy atom. The van der Waals surface area contributed by atoms with Crippen LogP contribution >= 0.6 is 0 Å². The van der Waals surface area contributed by atoms with Gasteiger partial charge in [0.15, 0.2) is 0 Å². The van der Waals surface area contributed by atoms with Crippen molar-refractivity contribution in [2.24, 2.45) is 0 Å². The maximum absolute atomic E-state index is 11.2. The van der Waals surface area contributed by atoms with E-state index in [9.17, 15) is 15.0 Å². The molecule has 112 valence electrons. The molecule has 0 bridgehead atoms. The van der Waals surface area contributed by atoms with Crippen LogP contribution in [0.25, 0.3) is 11.0 Å². The van der Waals surface area contributed by atoms with Crippen LogP contribution in [0.15, 0.2) is 18.2 Å². The van der Waals surface area contributed by atoms with Gasteiger partial charge in [-0.25, -0.2) is 9.78 Å². The van der Waals surface area contributed by atoms with Crippen LogP contribution in [0.1, 0.15) is 54.3 Å². The molecule has 0 spiro atoms. The molecule has 0 aliphatic heterocycles. The molecule has 1 aliphatic carbocycles. The lowest BCUT2D eigenvalue weighted by atomic mass is 10.1. The van der Waals surface area contributed by atoms with E-state index in [2.05, 4.69) is 4.98 Å². The maximum Gasteiger partial charge on any atom is 0.335 e. The first kappa shape index (κ1) is 14.1. The number of nitrogens with zero attached hydrogens (tertiary/aromatic N) is 2. The highest BCUT2D eigenvalue weighted by molar-refractivity contribution is 5.92. The summed E-state index contributed by atoms with van der Waals surface area (Å²) in [6, 6.07) is 4.97. The number of aryl methyl sites for hydroxylation is 1. The number of aromatic nitrogens is 2. The first-order valence-electron chi connectivity index (χ1n) is 7.48. The van der Waals surface area contributed by atoms with Gasteiger partial charge in [-0.05, 0) is 38.0 Å². The van der Waals surface area contributed by atoms with Crippen molar-refractivity contribution in [3.63, 3.8) is 0 Å². The van der Waals surface area contributed by atoms with E-state index in [0.29, 0.717) is 0 Å². The smallest absolute Gasteiger partial charge is 0.335 e. The molecule has 2 unspecified atom stereocenters. The van der Waals surface area contributed by atoms with E-state index in [1.807, 2.05) is 11.5 Å². The number of aliphatic hydroxyl groups excluding tert-OH is 1. The first-order valence-corrected chi connectivity index (χ1v) is 7.48. The third kappa shape index (κ3) is 2.53. The van der Waals surface area contributed by atoms with Crippen LogP contribution in [0, 0.1) is 6.92 Å². The summed E-state index contributed by atoms with van der Waals surface area (Å²) in [6.07, 6.45) is 4.58. The Labute approximate surface area is 123 Å². The zero-order chi connectivity index (χ0) is 15.0. The molecular weight excluding hydrogens is 268 g/mol. The van der Waals surface area contributed by atoms with Gasteiger partial charge < -0.3 is 14.8 Å². The van der Waals surface area contributed by atoms with Crippen molar-refractivity contribution in [3.05, 3.63) is 29.6 Å². The summed E-state index contributed by atoms with van der Waals surface area (Å²) in [5.41, 5.74) is 1.85. The van der Waals surface area contributed by atoms with Crippen LogP contribution in [0.5, 0.6) is 0 Å². The summed E-state index contributed by atoms with van der Waals surface area (Å²) in [5, 5.41) is 19.6. The zero-order valence-electron chi connectivity index (χ0n) is 12.1. The van der Waals surface area contributed by atoms with E-state index >= 15 is 0 Å². The zero-order valence-corrected chi connectivity index (χ0v) is 12.1. The van der Waals surface area contributed by atoms with Crippen molar-refractivity contribution in [2.45, 2.75) is 51.2 Å². The van der Waals surface area contributed by atoms with Gasteiger partial charge in [-0.1, -0.05) is 19.3 Å². The van der Waals surface area contributed by atoms with Crippen LogP contribution in [-0.4, -0.2) is 31.8 Å². The number of fused-ring (bicyclic) bond motifs is 1. The van der Waals surface area contributed by atoms with Crippen LogP contribution < -0.4 is 0 Å². The van der Waals surface area contributed by atoms with Gasteiger partial charge in [-0.3, -0.25) is 0 Å². The molecule has 3 rings (SSSR count). The van der Waals surface area contributed by atoms with Gasteiger partial charge in [0.05, 0.1) is 28.7 Å². The summed E-state index contributed by atoms with van der Waals surface area (Å²) in [5.74, 6) is -0.109. The van der Waals surface area contributed by atoms with Crippen molar-refractivity contribution in [3.8, 4) is 0 Å². The van der Waals surface area contributed by atoms with Gasteiger partial charge in [0, 0.05) is 0 Å². The average Bonchev–Trinajstić information content (AvgIpc) is 2.62. The minimum atomic E-state index is -0.941. The molecule has 1 aromatic carbocycles. The third-order valence-electron chi connectivity index (χ3n) is 4.39. The largest absolute Gasteiger partial charge is 0.478 e. The van der Waals surface area contributed by atoms with Gasteiger partial charge in [-0.2, -0.15) is 0 Å². The second-order valence-corrected chi connectivity index (χ2v) is 5.81.